The number of thioether (sulfide) groups is 1. The van der Waals surface area contributed by atoms with Crippen LogP contribution < -0.4 is 5.32 Å². The Morgan fingerprint density at radius 3 is 2.57 bits per heavy atom. The second-order valence-corrected chi connectivity index (χ2v) is 8.13. The summed E-state index contributed by atoms with van der Waals surface area (Å²) in [5.41, 5.74) is 2.74. The Balaban J connectivity index is 1.55. The number of aromatic nitrogens is 3. The van der Waals surface area contributed by atoms with Crippen molar-refractivity contribution in [3.8, 4) is 5.69 Å². The maximum Gasteiger partial charge on any atom is 0.243 e. The van der Waals surface area contributed by atoms with Gasteiger partial charge in [0.05, 0.1) is 17.5 Å². The van der Waals surface area contributed by atoms with Gasteiger partial charge in [-0.3, -0.25) is 9.59 Å². The maximum absolute atomic E-state index is 12.7. The molecule has 1 heterocycles. The van der Waals surface area contributed by atoms with Crippen LogP contribution in [0, 0.1) is 0 Å². The van der Waals surface area contributed by atoms with E-state index in [-0.39, 0.29) is 18.4 Å². The zero-order chi connectivity index (χ0) is 21.5. The van der Waals surface area contributed by atoms with E-state index in [2.05, 4.69) is 15.4 Å². The van der Waals surface area contributed by atoms with Gasteiger partial charge < -0.3 is 10.2 Å². The fraction of sp³-hybridized carbons (Fsp3) is 0.273. The number of para-hydroxylation sites is 2. The lowest BCUT2D eigenvalue weighted by molar-refractivity contribution is -0.132. The number of likely N-dealkylation sites (N-methyl/N-ethyl adjacent to an activating group) is 1. The minimum atomic E-state index is -0.419. The summed E-state index contributed by atoms with van der Waals surface area (Å²) in [7, 11) is 1.63. The van der Waals surface area contributed by atoms with Crippen LogP contribution >= 0.6 is 11.8 Å². The van der Waals surface area contributed by atoms with Gasteiger partial charge in [-0.1, -0.05) is 55.1 Å². The first-order valence-electron chi connectivity index (χ1n) is 9.74. The summed E-state index contributed by atoms with van der Waals surface area (Å²) in [4.78, 5) is 30.8. The molecule has 3 rings (SSSR count). The third-order valence-electron chi connectivity index (χ3n) is 4.55. The van der Waals surface area contributed by atoms with Crippen LogP contribution in [0.25, 0.3) is 5.69 Å². The van der Waals surface area contributed by atoms with Crippen LogP contribution in [0.3, 0.4) is 0 Å². The van der Waals surface area contributed by atoms with E-state index in [9.17, 15) is 9.59 Å². The predicted molar refractivity (Wildman–Crippen MR) is 119 cm³/mol. The number of carbonyl (C=O) groups is 2. The van der Waals surface area contributed by atoms with Gasteiger partial charge in [0, 0.05) is 12.7 Å². The Morgan fingerprint density at radius 1 is 1.13 bits per heavy atom. The molecule has 3 aromatic rings. The van der Waals surface area contributed by atoms with Gasteiger partial charge in [-0.2, -0.15) is 0 Å². The molecule has 2 aromatic carbocycles. The molecule has 0 saturated heterocycles. The molecule has 0 aliphatic heterocycles. The summed E-state index contributed by atoms with van der Waals surface area (Å²) >= 11 is 1.27. The number of nitrogens with zero attached hydrogens (tertiary/aromatic N) is 4. The Labute approximate surface area is 180 Å². The highest BCUT2D eigenvalue weighted by atomic mass is 32.2. The molecular formula is C22H25N5O2S. The number of hydrogen-bond donors (Lipinski definition) is 1. The third kappa shape index (κ3) is 5.48. The minimum absolute atomic E-state index is 0.0202. The average molecular weight is 424 g/mol. The normalized spacial score (nSPS) is 11.7. The quantitative estimate of drug-likeness (QED) is 0.562. The number of anilines is 1. The van der Waals surface area contributed by atoms with E-state index in [0.717, 1.165) is 23.4 Å². The van der Waals surface area contributed by atoms with Crippen molar-refractivity contribution in [2.45, 2.75) is 30.7 Å². The van der Waals surface area contributed by atoms with Crippen molar-refractivity contribution < 1.29 is 9.59 Å². The largest absolute Gasteiger partial charge is 0.335 e. The van der Waals surface area contributed by atoms with Gasteiger partial charge in [0.25, 0.3) is 0 Å². The molecule has 8 heteroatoms. The molecule has 2 amide bonds. The van der Waals surface area contributed by atoms with E-state index in [1.54, 1.807) is 25.0 Å². The first-order valence-corrected chi connectivity index (χ1v) is 10.6. The number of nitrogens with one attached hydrogen (secondary N) is 1. The molecular weight excluding hydrogens is 398 g/mol. The van der Waals surface area contributed by atoms with E-state index in [1.807, 2.05) is 61.5 Å². The standard InChI is InChI=1S/C22H25N5O2S/c1-4-17-10-8-9-13-19(17)24-20(28)14-26(3)21(29)16(2)30-22-23-15-27(25-22)18-11-6-5-7-12-18/h5-13,15-16H,4,14H2,1-3H3,(H,24,28). The summed E-state index contributed by atoms with van der Waals surface area (Å²) < 4.78 is 1.67. The first kappa shape index (κ1) is 21.6. The van der Waals surface area contributed by atoms with Crippen LogP contribution in [-0.4, -0.2) is 50.3 Å². The van der Waals surface area contributed by atoms with Crippen molar-refractivity contribution in [1.82, 2.24) is 19.7 Å². The molecule has 1 atom stereocenters. The van der Waals surface area contributed by atoms with E-state index >= 15 is 0 Å². The van der Waals surface area contributed by atoms with Gasteiger partial charge in [-0.05, 0) is 37.1 Å². The third-order valence-corrected chi connectivity index (χ3v) is 5.50. The monoisotopic (exact) mass is 423 g/mol. The molecule has 0 saturated carbocycles. The van der Waals surface area contributed by atoms with Crippen LogP contribution in [0.2, 0.25) is 0 Å². The highest BCUT2D eigenvalue weighted by Crippen LogP contribution is 2.21. The molecule has 1 aromatic heterocycles. The van der Waals surface area contributed by atoms with Crippen molar-refractivity contribution in [1.29, 1.82) is 0 Å². The molecule has 156 valence electrons. The van der Waals surface area contributed by atoms with Gasteiger partial charge in [0.2, 0.25) is 17.0 Å². The van der Waals surface area contributed by atoms with E-state index < -0.39 is 5.25 Å². The Hall–Kier alpha value is -3.13. The highest BCUT2D eigenvalue weighted by molar-refractivity contribution is 8.00. The summed E-state index contributed by atoms with van der Waals surface area (Å²) in [6, 6.07) is 17.3. The summed E-state index contributed by atoms with van der Waals surface area (Å²) in [5.74, 6) is -0.384. The molecule has 30 heavy (non-hydrogen) atoms. The highest BCUT2D eigenvalue weighted by Gasteiger charge is 2.22. The molecule has 1 unspecified atom stereocenters. The summed E-state index contributed by atoms with van der Waals surface area (Å²) in [5, 5.41) is 7.40. The smallest absolute Gasteiger partial charge is 0.243 e. The van der Waals surface area contributed by atoms with E-state index in [0.29, 0.717) is 5.16 Å². The van der Waals surface area contributed by atoms with Crippen molar-refractivity contribution in [3.05, 3.63) is 66.5 Å². The van der Waals surface area contributed by atoms with Gasteiger partial charge in [-0.25, -0.2) is 9.67 Å². The van der Waals surface area contributed by atoms with Gasteiger partial charge in [0.1, 0.15) is 6.33 Å². The second kappa shape index (κ2) is 10.1. The van der Waals surface area contributed by atoms with Gasteiger partial charge in [0.15, 0.2) is 0 Å². The molecule has 0 radical (unpaired) electrons. The van der Waals surface area contributed by atoms with Crippen molar-refractivity contribution in [2.75, 3.05) is 18.9 Å². The number of hydrogen-bond acceptors (Lipinski definition) is 5. The molecule has 0 bridgehead atoms. The Morgan fingerprint density at radius 2 is 1.83 bits per heavy atom. The van der Waals surface area contributed by atoms with Crippen LogP contribution in [-0.2, 0) is 16.0 Å². The number of aryl methyl sites for hydroxylation is 1. The SMILES string of the molecule is CCc1ccccc1NC(=O)CN(C)C(=O)C(C)Sc1ncn(-c2ccccc2)n1. The predicted octanol–water partition coefficient (Wildman–Crippen LogP) is 3.41. The summed E-state index contributed by atoms with van der Waals surface area (Å²) in [6.45, 7) is 3.80. The zero-order valence-electron chi connectivity index (χ0n) is 17.3. The zero-order valence-corrected chi connectivity index (χ0v) is 18.1. The molecule has 0 aliphatic carbocycles. The van der Waals surface area contributed by atoms with Crippen molar-refractivity contribution >= 4 is 29.3 Å². The van der Waals surface area contributed by atoms with E-state index in [1.165, 1.54) is 16.7 Å². The lowest BCUT2D eigenvalue weighted by atomic mass is 10.1. The second-order valence-electron chi connectivity index (χ2n) is 6.82. The number of benzene rings is 2. The van der Waals surface area contributed by atoms with Crippen LogP contribution in [0.4, 0.5) is 5.69 Å². The lowest BCUT2D eigenvalue weighted by Crippen LogP contribution is -2.39. The fourth-order valence-electron chi connectivity index (χ4n) is 2.96. The molecule has 0 aliphatic rings. The first-order chi connectivity index (χ1) is 14.5. The van der Waals surface area contributed by atoms with Crippen LogP contribution in [0.15, 0.2) is 66.1 Å². The molecule has 7 nitrogen and oxygen atoms in total. The van der Waals surface area contributed by atoms with Gasteiger partial charge in [-0.15, -0.1) is 5.10 Å². The average Bonchev–Trinajstić information content (AvgIpc) is 3.22. The summed E-state index contributed by atoms with van der Waals surface area (Å²) in [6.07, 6.45) is 2.44. The van der Waals surface area contributed by atoms with Crippen molar-refractivity contribution in [3.63, 3.8) is 0 Å². The van der Waals surface area contributed by atoms with Gasteiger partial charge >= 0.3 is 0 Å². The lowest BCUT2D eigenvalue weighted by Gasteiger charge is -2.20. The molecule has 0 fully saturated rings. The fourth-order valence-corrected chi connectivity index (χ4v) is 3.80. The molecule has 1 N–H and O–H groups in total. The topological polar surface area (TPSA) is 80.1 Å². The van der Waals surface area contributed by atoms with E-state index in [4.69, 9.17) is 0 Å². The van der Waals surface area contributed by atoms with Crippen LogP contribution in [0.1, 0.15) is 19.4 Å². The Kier molecular flexibility index (Phi) is 7.24. The van der Waals surface area contributed by atoms with Crippen LogP contribution in [0.5, 0.6) is 0 Å². The number of amides is 2. The number of rotatable bonds is 8. The molecule has 0 spiro atoms. The Bertz CT molecular complexity index is 1010. The minimum Gasteiger partial charge on any atom is -0.335 e. The number of carbonyl (C=O) groups excluding carboxylic acids is 2. The van der Waals surface area contributed by atoms with Crippen molar-refractivity contribution in [2.24, 2.45) is 0 Å². The maximum atomic E-state index is 12.7.